The van der Waals surface area contributed by atoms with Gasteiger partial charge in [-0.2, -0.15) is 0 Å². The van der Waals surface area contributed by atoms with Gasteiger partial charge < -0.3 is 9.53 Å². The van der Waals surface area contributed by atoms with Crippen molar-refractivity contribution in [1.29, 1.82) is 0 Å². The molecule has 0 atom stereocenters. The summed E-state index contributed by atoms with van der Waals surface area (Å²) in [6, 6.07) is 21.6. The van der Waals surface area contributed by atoms with Crippen LogP contribution in [0.4, 0.5) is 0 Å². The second-order valence-electron chi connectivity index (χ2n) is 8.29. The van der Waals surface area contributed by atoms with Gasteiger partial charge in [0.25, 0.3) is 8.32 Å². The van der Waals surface area contributed by atoms with Crippen LogP contribution >= 0.6 is 0 Å². The average molecular weight is 355 g/mol. The highest BCUT2D eigenvalue weighted by molar-refractivity contribution is 6.99. The lowest BCUT2D eigenvalue weighted by Crippen LogP contribution is -2.66. The van der Waals surface area contributed by atoms with Crippen molar-refractivity contribution < 1.29 is 9.53 Å². The Balaban J connectivity index is 1.94. The van der Waals surface area contributed by atoms with Crippen LogP contribution in [0.5, 0.6) is 0 Å². The lowest BCUT2D eigenvalue weighted by molar-refractivity contribution is 0.0325. The van der Waals surface area contributed by atoms with E-state index in [0.29, 0.717) is 5.92 Å². The summed E-state index contributed by atoms with van der Waals surface area (Å²) in [5.74, 6) is 0.619. The molecule has 134 valence electrons. The van der Waals surface area contributed by atoms with Crippen molar-refractivity contribution >= 4 is 18.7 Å². The van der Waals surface area contributed by atoms with E-state index >= 15 is 0 Å². The fourth-order valence-electron chi connectivity index (χ4n) is 4.08. The summed E-state index contributed by atoms with van der Waals surface area (Å²) in [5, 5.41) is 12.2. The third-order valence-corrected chi connectivity index (χ3v) is 10.5. The predicted octanol–water partition coefficient (Wildman–Crippen LogP) is 3.72. The van der Waals surface area contributed by atoms with E-state index in [1.165, 1.54) is 10.4 Å². The average Bonchev–Trinajstić information content (AvgIpc) is 2.57. The Morgan fingerprint density at radius 1 is 0.920 bits per heavy atom. The molecule has 1 aliphatic rings. The van der Waals surface area contributed by atoms with Gasteiger partial charge in [-0.25, -0.2) is 0 Å². The summed E-state index contributed by atoms with van der Waals surface area (Å²) in [4.78, 5) is 0. The highest BCUT2D eigenvalue weighted by Gasteiger charge is 2.50. The molecule has 25 heavy (non-hydrogen) atoms. The Morgan fingerprint density at radius 3 is 1.80 bits per heavy atom. The van der Waals surface area contributed by atoms with Crippen molar-refractivity contribution in [3.8, 4) is 0 Å². The van der Waals surface area contributed by atoms with Crippen molar-refractivity contribution in [2.75, 3.05) is 6.61 Å². The first kappa shape index (κ1) is 18.4. The second kappa shape index (κ2) is 7.44. The molecule has 3 rings (SSSR count). The third kappa shape index (κ3) is 3.74. The Morgan fingerprint density at radius 2 is 1.40 bits per heavy atom. The van der Waals surface area contributed by atoms with Gasteiger partial charge in [0.15, 0.2) is 0 Å². The number of hydrogen-bond donors (Lipinski definition) is 1. The molecule has 0 aliphatic heterocycles. The summed E-state index contributed by atoms with van der Waals surface area (Å²) in [6.45, 7) is 7.70. The molecule has 2 nitrogen and oxygen atoms in total. The molecule has 1 saturated carbocycles. The molecular formula is C22H30O2Si. The van der Waals surface area contributed by atoms with E-state index in [2.05, 4.69) is 81.4 Å². The lowest BCUT2D eigenvalue weighted by atomic mass is 9.80. The molecule has 0 unspecified atom stereocenters. The lowest BCUT2D eigenvalue weighted by Gasteiger charge is -2.43. The van der Waals surface area contributed by atoms with Crippen LogP contribution < -0.4 is 10.4 Å². The molecule has 1 fully saturated rings. The van der Waals surface area contributed by atoms with Crippen molar-refractivity contribution in [1.82, 2.24) is 0 Å². The van der Waals surface area contributed by atoms with Gasteiger partial charge in [-0.15, -0.1) is 0 Å². The smallest absolute Gasteiger partial charge is 0.261 e. The quantitative estimate of drug-likeness (QED) is 0.801. The number of aliphatic hydroxyl groups excluding tert-OH is 1. The fraction of sp³-hybridized carbons (Fsp3) is 0.455. The van der Waals surface area contributed by atoms with E-state index in [9.17, 15) is 5.11 Å². The maximum absolute atomic E-state index is 9.53. The minimum absolute atomic E-state index is 0.0365. The molecule has 0 aromatic heterocycles. The van der Waals surface area contributed by atoms with Crippen LogP contribution in [0.15, 0.2) is 60.7 Å². The molecule has 0 spiro atoms. The van der Waals surface area contributed by atoms with Gasteiger partial charge in [0, 0.05) is 6.61 Å². The molecule has 0 amide bonds. The van der Waals surface area contributed by atoms with E-state index in [4.69, 9.17) is 4.43 Å². The fourth-order valence-corrected chi connectivity index (χ4v) is 8.66. The summed E-state index contributed by atoms with van der Waals surface area (Å²) < 4.78 is 6.87. The summed E-state index contributed by atoms with van der Waals surface area (Å²) >= 11 is 0. The van der Waals surface area contributed by atoms with Crippen molar-refractivity contribution in [2.24, 2.45) is 5.92 Å². The molecule has 0 bridgehead atoms. The monoisotopic (exact) mass is 354 g/mol. The maximum atomic E-state index is 9.53. The molecule has 2 aromatic rings. The van der Waals surface area contributed by atoms with Gasteiger partial charge >= 0.3 is 0 Å². The Labute approximate surface area is 153 Å². The van der Waals surface area contributed by atoms with Gasteiger partial charge in [0.1, 0.15) is 0 Å². The highest BCUT2D eigenvalue weighted by Crippen LogP contribution is 2.37. The molecule has 0 heterocycles. The minimum atomic E-state index is -2.38. The summed E-state index contributed by atoms with van der Waals surface area (Å²) in [7, 11) is -2.38. The molecule has 0 saturated heterocycles. The van der Waals surface area contributed by atoms with E-state index in [-0.39, 0.29) is 11.1 Å². The van der Waals surface area contributed by atoms with Gasteiger partial charge in [0.05, 0.1) is 6.10 Å². The van der Waals surface area contributed by atoms with Crippen LogP contribution in [0, 0.1) is 5.92 Å². The van der Waals surface area contributed by atoms with Gasteiger partial charge in [-0.05, 0) is 40.6 Å². The van der Waals surface area contributed by atoms with Crippen LogP contribution in [0.1, 0.15) is 40.0 Å². The number of hydrogen-bond acceptors (Lipinski definition) is 2. The SMILES string of the molecule is CC(C)(C)[Si](OCCC1CC(O)C1)(c1ccccc1)c1ccccc1. The molecule has 3 heteroatoms. The molecular weight excluding hydrogens is 324 g/mol. The Hall–Kier alpha value is -1.42. The van der Waals surface area contributed by atoms with Crippen LogP contribution in [0.25, 0.3) is 0 Å². The minimum Gasteiger partial charge on any atom is -0.407 e. The van der Waals surface area contributed by atoms with E-state index < -0.39 is 8.32 Å². The summed E-state index contributed by atoms with van der Waals surface area (Å²) in [6.07, 6.45) is 2.83. The Kier molecular flexibility index (Phi) is 5.47. The van der Waals surface area contributed by atoms with E-state index in [0.717, 1.165) is 25.9 Å². The largest absolute Gasteiger partial charge is 0.407 e. The topological polar surface area (TPSA) is 29.5 Å². The van der Waals surface area contributed by atoms with Gasteiger partial charge in [-0.1, -0.05) is 81.4 Å². The van der Waals surface area contributed by atoms with Crippen LogP contribution in [0.2, 0.25) is 5.04 Å². The molecule has 0 radical (unpaired) electrons. The zero-order valence-corrected chi connectivity index (χ0v) is 16.6. The first-order valence-corrected chi connectivity index (χ1v) is 11.3. The van der Waals surface area contributed by atoms with Crippen LogP contribution in [-0.2, 0) is 4.43 Å². The number of aliphatic hydroxyl groups is 1. The molecule has 1 N–H and O–H groups in total. The van der Waals surface area contributed by atoms with Crippen molar-refractivity contribution in [3.63, 3.8) is 0 Å². The zero-order chi connectivity index (χ0) is 17.9. The first-order valence-electron chi connectivity index (χ1n) is 9.36. The molecule has 1 aliphatic carbocycles. The normalized spacial score (nSPS) is 21.0. The third-order valence-electron chi connectivity index (χ3n) is 5.47. The zero-order valence-electron chi connectivity index (χ0n) is 15.6. The first-order chi connectivity index (χ1) is 11.9. The van der Waals surface area contributed by atoms with E-state index in [1.54, 1.807) is 0 Å². The van der Waals surface area contributed by atoms with Gasteiger partial charge in [0.2, 0.25) is 0 Å². The number of benzene rings is 2. The summed E-state index contributed by atoms with van der Waals surface area (Å²) in [5.41, 5.74) is 0. The van der Waals surface area contributed by atoms with Crippen LogP contribution in [-0.4, -0.2) is 26.1 Å². The predicted molar refractivity (Wildman–Crippen MR) is 107 cm³/mol. The standard InChI is InChI=1S/C22H30O2Si/c1-22(2,3)25(20-10-6-4-7-11-20,21-12-8-5-9-13-21)24-15-14-18-16-19(23)17-18/h4-13,18-19,23H,14-17H2,1-3H3. The Bertz CT molecular complexity index is 618. The van der Waals surface area contributed by atoms with Crippen molar-refractivity contribution in [3.05, 3.63) is 60.7 Å². The van der Waals surface area contributed by atoms with Crippen LogP contribution in [0.3, 0.4) is 0 Å². The van der Waals surface area contributed by atoms with Gasteiger partial charge in [-0.3, -0.25) is 0 Å². The highest BCUT2D eigenvalue weighted by atomic mass is 28.4. The molecule has 2 aromatic carbocycles. The van der Waals surface area contributed by atoms with E-state index in [1.807, 2.05) is 0 Å². The maximum Gasteiger partial charge on any atom is 0.261 e. The number of rotatable bonds is 6. The second-order valence-corrected chi connectivity index (χ2v) is 12.6. The van der Waals surface area contributed by atoms with Crippen molar-refractivity contribution in [2.45, 2.75) is 51.2 Å².